The van der Waals surface area contributed by atoms with Crippen LogP contribution in [-0.4, -0.2) is 47.1 Å². The number of aromatic nitrogens is 1. The van der Waals surface area contributed by atoms with Gasteiger partial charge in [0.15, 0.2) is 0 Å². The Kier molecular flexibility index (Phi) is 7.04. The molecule has 8 heteroatoms. The Balaban J connectivity index is 1.32. The van der Waals surface area contributed by atoms with Crippen LogP contribution < -0.4 is 10.1 Å². The van der Waals surface area contributed by atoms with E-state index in [1.807, 2.05) is 41.8 Å². The molecule has 3 heterocycles. The van der Waals surface area contributed by atoms with E-state index in [-0.39, 0.29) is 36.4 Å². The fourth-order valence-corrected chi connectivity index (χ4v) is 4.92. The predicted molar refractivity (Wildman–Crippen MR) is 132 cm³/mol. The quantitative estimate of drug-likeness (QED) is 0.534. The summed E-state index contributed by atoms with van der Waals surface area (Å²) >= 11 is 0. The van der Waals surface area contributed by atoms with E-state index in [2.05, 4.69) is 5.32 Å². The molecule has 1 fully saturated rings. The monoisotopic (exact) mass is 491 g/mol. The summed E-state index contributed by atoms with van der Waals surface area (Å²) in [7, 11) is 0. The van der Waals surface area contributed by atoms with Crippen molar-refractivity contribution in [1.29, 1.82) is 0 Å². The average molecular weight is 492 g/mol. The largest absolute Gasteiger partial charge is 0.489 e. The lowest BCUT2D eigenvalue weighted by molar-refractivity contribution is 0.0702. The van der Waals surface area contributed by atoms with E-state index in [1.165, 1.54) is 12.1 Å². The summed E-state index contributed by atoms with van der Waals surface area (Å²) in [5, 5.41) is 3.13. The number of fused-ring (bicyclic) bond motifs is 1. The summed E-state index contributed by atoms with van der Waals surface area (Å²) in [5.41, 5.74) is 2.74. The zero-order valence-electron chi connectivity index (χ0n) is 20.3. The van der Waals surface area contributed by atoms with Gasteiger partial charge in [0.2, 0.25) is 0 Å². The molecule has 3 aromatic rings. The van der Waals surface area contributed by atoms with Crippen LogP contribution in [0.1, 0.15) is 57.9 Å². The molecular formula is C28H30FN3O4. The van der Waals surface area contributed by atoms with Crippen LogP contribution in [0.15, 0.2) is 60.7 Å². The molecule has 0 saturated carbocycles. The molecule has 5 rings (SSSR count). The van der Waals surface area contributed by atoms with E-state index in [0.717, 1.165) is 17.7 Å². The summed E-state index contributed by atoms with van der Waals surface area (Å²) < 4.78 is 26.7. The smallest absolute Gasteiger partial charge is 0.270 e. The number of carbonyl (C=O) groups is 2. The molecule has 0 spiro atoms. The molecule has 188 valence electrons. The van der Waals surface area contributed by atoms with E-state index in [0.29, 0.717) is 49.7 Å². The maximum Gasteiger partial charge on any atom is 0.270 e. The van der Waals surface area contributed by atoms with Crippen molar-refractivity contribution in [3.63, 3.8) is 0 Å². The number of amides is 2. The molecular weight excluding hydrogens is 461 g/mol. The first-order valence-corrected chi connectivity index (χ1v) is 12.4. The lowest BCUT2D eigenvalue weighted by Gasteiger charge is -2.22. The lowest BCUT2D eigenvalue weighted by atomic mass is 10.0. The number of hydrogen-bond acceptors (Lipinski definition) is 4. The Bertz CT molecular complexity index is 1230. The Hall–Kier alpha value is -3.65. The van der Waals surface area contributed by atoms with Crippen LogP contribution in [0.25, 0.3) is 0 Å². The van der Waals surface area contributed by atoms with Gasteiger partial charge in [0, 0.05) is 19.5 Å². The van der Waals surface area contributed by atoms with Gasteiger partial charge in [0.05, 0.1) is 37.1 Å². The Morgan fingerprint density at radius 1 is 1.14 bits per heavy atom. The second kappa shape index (κ2) is 10.5. The highest BCUT2D eigenvalue weighted by Crippen LogP contribution is 2.26. The first-order valence-electron chi connectivity index (χ1n) is 12.4. The van der Waals surface area contributed by atoms with Crippen molar-refractivity contribution in [3.8, 4) is 5.75 Å². The van der Waals surface area contributed by atoms with Crippen molar-refractivity contribution >= 4 is 11.8 Å². The number of rotatable bonds is 7. The summed E-state index contributed by atoms with van der Waals surface area (Å²) in [6.07, 6.45) is 1.26. The third kappa shape index (κ3) is 4.99. The van der Waals surface area contributed by atoms with Gasteiger partial charge in [-0.05, 0) is 42.3 Å². The third-order valence-electron chi connectivity index (χ3n) is 6.83. The van der Waals surface area contributed by atoms with Crippen LogP contribution in [-0.2, 0) is 17.9 Å². The molecule has 0 radical (unpaired) electrons. The highest BCUT2D eigenvalue weighted by atomic mass is 19.1. The molecule has 1 N–H and O–H groups in total. The molecule has 2 aliphatic heterocycles. The van der Waals surface area contributed by atoms with Crippen LogP contribution in [0.2, 0.25) is 0 Å². The van der Waals surface area contributed by atoms with Crippen molar-refractivity contribution in [1.82, 2.24) is 14.8 Å². The first kappa shape index (κ1) is 24.1. The number of likely N-dealkylation sites (tertiary alicyclic amines) is 1. The number of hydrogen-bond donors (Lipinski definition) is 1. The number of carbonyl (C=O) groups excluding carboxylic acids is 2. The van der Waals surface area contributed by atoms with Gasteiger partial charge in [-0.25, -0.2) is 4.39 Å². The molecule has 36 heavy (non-hydrogen) atoms. The number of nitrogens with zero attached hydrogens (tertiary/aromatic N) is 2. The minimum Gasteiger partial charge on any atom is -0.489 e. The van der Waals surface area contributed by atoms with Gasteiger partial charge in [-0.1, -0.05) is 37.3 Å². The molecule has 7 nitrogen and oxygen atoms in total. The molecule has 0 aliphatic carbocycles. The van der Waals surface area contributed by atoms with Crippen LogP contribution in [0.3, 0.4) is 0 Å². The molecule has 2 atom stereocenters. The molecule has 0 bridgehead atoms. The highest BCUT2D eigenvalue weighted by molar-refractivity contribution is 6.01. The summed E-state index contributed by atoms with van der Waals surface area (Å²) in [6.45, 7) is 4.30. The van der Waals surface area contributed by atoms with Crippen LogP contribution in [0.5, 0.6) is 5.75 Å². The van der Waals surface area contributed by atoms with E-state index in [9.17, 15) is 14.0 Å². The summed E-state index contributed by atoms with van der Waals surface area (Å²) in [5.74, 6) is -0.0763. The van der Waals surface area contributed by atoms with Crippen molar-refractivity contribution in [2.75, 3.05) is 19.7 Å². The predicted octanol–water partition coefficient (Wildman–Crippen LogP) is 4.33. The Morgan fingerprint density at radius 2 is 1.92 bits per heavy atom. The van der Waals surface area contributed by atoms with E-state index < -0.39 is 0 Å². The summed E-state index contributed by atoms with van der Waals surface area (Å²) in [6, 6.07) is 17.3. The van der Waals surface area contributed by atoms with Gasteiger partial charge in [-0.2, -0.15) is 0 Å². The normalized spacial score (nSPS) is 17.9. The van der Waals surface area contributed by atoms with Crippen LogP contribution in [0.4, 0.5) is 4.39 Å². The zero-order chi connectivity index (χ0) is 25.1. The van der Waals surface area contributed by atoms with E-state index in [1.54, 1.807) is 23.1 Å². The number of nitrogens with one attached hydrogen (secondary N) is 1. The Labute approximate surface area is 209 Å². The van der Waals surface area contributed by atoms with E-state index >= 15 is 0 Å². The second-order valence-electron chi connectivity index (χ2n) is 9.17. The minimum absolute atomic E-state index is 0.124. The van der Waals surface area contributed by atoms with Gasteiger partial charge in [-0.15, -0.1) is 0 Å². The number of ether oxygens (including phenoxy) is 2. The van der Waals surface area contributed by atoms with Crippen molar-refractivity contribution in [2.24, 2.45) is 0 Å². The van der Waals surface area contributed by atoms with Gasteiger partial charge in [0.1, 0.15) is 23.4 Å². The standard InChI is InChI=1S/C28H30FN3O4/c1-2-24(19-6-4-3-5-7-19)30-27(33)23-16-25(32-14-15-35-18-26(23)32)28(34)31-13-12-22(17-31)36-21-10-8-20(29)9-11-21/h3-11,16,22,24H,2,12-15,17-18H2,1H3,(H,30,33)/t22-,24+/m0/s1. The molecule has 1 saturated heterocycles. The first-order chi connectivity index (χ1) is 17.5. The molecule has 0 unspecified atom stereocenters. The summed E-state index contributed by atoms with van der Waals surface area (Å²) in [4.78, 5) is 28.6. The van der Waals surface area contributed by atoms with Crippen LogP contribution >= 0.6 is 0 Å². The fraction of sp³-hybridized carbons (Fsp3) is 0.357. The van der Waals surface area contributed by atoms with Gasteiger partial charge in [0.25, 0.3) is 11.8 Å². The lowest BCUT2D eigenvalue weighted by Crippen LogP contribution is -2.33. The maximum atomic E-state index is 13.5. The van der Waals surface area contributed by atoms with Gasteiger partial charge < -0.3 is 24.3 Å². The molecule has 2 aromatic carbocycles. The van der Waals surface area contributed by atoms with Crippen LogP contribution in [0, 0.1) is 5.82 Å². The maximum absolute atomic E-state index is 13.5. The number of benzene rings is 2. The van der Waals surface area contributed by atoms with Crippen molar-refractivity contribution in [3.05, 3.63) is 89.0 Å². The van der Waals surface area contributed by atoms with Crippen molar-refractivity contribution < 1.29 is 23.5 Å². The highest BCUT2D eigenvalue weighted by Gasteiger charge is 2.33. The third-order valence-corrected chi connectivity index (χ3v) is 6.83. The van der Waals surface area contributed by atoms with Crippen molar-refractivity contribution in [2.45, 2.75) is 45.1 Å². The average Bonchev–Trinajstić information content (AvgIpc) is 3.54. The zero-order valence-corrected chi connectivity index (χ0v) is 20.3. The van der Waals surface area contributed by atoms with Gasteiger partial charge in [-0.3, -0.25) is 9.59 Å². The minimum atomic E-state index is -0.318. The fourth-order valence-electron chi connectivity index (χ4n) is 4.92. The van der Waals surface area contributed by atoms with E-state index in [4.69, 9.17) is 9.47 Å². The topological polar surface area (TPSA) is 72.8 Å². The molecule has 2 aliphatic rings. The van der Waals surface area contributed by atoms with Gasteiger partial charge >= 0.3 is 0 Å². The second-order valence-corrected chi connectivity index (χ2v) is 9.17. The SMILES string of the molecule is CC[C@@H](NC(=O)c1cc(C(=O)N2CC[C@H](Oc3ccc(F)cc3)C2)n2c1COCC2)c1ccccc1. The molecule has 1 aromatic heterocycles. The molecule has 2 amide bonds. The Morgan fingerprint density at radius 3 is 2.67 bits per heavy atom. The number of halogens is 1.